The summed E-state index contributed by atoms with van der Waals surface area (Å²) in [5, 5.41) is 0.759. The maximum atomic E-state index is 6.22. The molecular formula is C22H25ClN4O2. The molecule has 0 aliphatic carbocycles. The van der Waals surface area contributed by atoms with Gasteiger partial charge in [-0.25, -0.2) is 4.98 Å². The number of fused-ring (bicyclic) bond motifs is 1. The monoisotopic (exact) mass is 412 g/mol. The summed E-state index contributed by atoms with van der Waals surface area (Å²) in [5.74, 6) is 2.31. The molecule has 0 unspecified atom stereocenters. The van der Waals surface area contributed by atoms with Crippen LogP contribution < -0.4 is 20.1 Å². The van der Waals surface area contributed by atoms with Gasteiger partial charge in [0.05, 0.1) is 19.7 Å². The maximum absolute atomic E-state index is 6.22. The molecule has 0 atom stereocenters. The van der Waals surface area contributed by atoms with Crippen molar-refractivity contribution in [3.8, 4) is 11.5 Å². The van der Waals surface area contributed by atoms with Crippen molar-refractivity contribution in [2.45, 2.75) is 13.3 Å². The quantitative estimate of drug-likeness (QED) is 0.690. The van der Waals surface area contributed by atoms with E-state index >= 15 is 0 Å². The molecule has 2 N–H and O–H groups in total. The van der Waals surface area contributed by atoms with E-state index in [2.05, 4.69) is 47.1 Å². The van der Waals surface area contributed by atoms with Crippen molar-refractivity contribution < 1.29 is 9.47 Å². The highest BCUT2D eigenvalue weighted by atomic mass is 35.5. The van der Waals surface area contributed by atoms with E-state index in [9.17, 15) is 0 Å². The molecule has 6 nitrogen and oxygen atoms in total. The van der Waals surface area contributed by atoms with Crippen molar-refractivity contribution >= 4 is 40.6 Å². The minimum absolute atomic E-state index is 0. The summed E-state index contributed by atoms with van der Waals surface area (Å²) < 4.78 is 10.7. The Morgan fingerprint density at radius 1 is 1.00 bits per heavy atom. The van der Waals surface area contributed by atoms with Crippen LogP contribution in [0.1, 0.15) is 17.5 Å². The van der Waals surface area contributed by atoms with Crippen LogP contribution in [-0.4, -0.2) is 37.3 Å². The molecular weight excluding hydrogens is 388 g/mol. The second-order valence-corrected chi connectivity index (χ2v) is 6.92. The molecule has 2 heterocycles. The van der Waals surface area contributed by atoms with Gasteiger partial charge in [0.1, 0.15) is 5.82 Å². The molecule has 0 saturated carbocycles. The van der Waals surface area contributed by atoms with E-state index in [1.54, 1.807) is 14.2 Å². The summed E-state index contributed by atoms with van der Waals surface area (Å²) in [6.45, 7) is 3.70. The molecule has 0 bridgehead atoms. The zero-order valence-corrected chi connectivity index (χ0v) is 17.6. The van der Waals surface area contributed by atoms with E-state index in [1.807, 2.05) is 12.1 Å². The molecule has 3 aromatic rings. The normalized spacial score (nSPS) is 13.6. The van der Waals surface area contributed by atoms with Crippen LogP contribution in [-0.2, 0) is 0 Å². The minimum atomic E-state index is 0. The van der Waals surface area contributed by atoms with Crippen molar-refractivity contribution in [1.82, 2.24) is 9.97 Å². The zero-order valence-electron chi connectivity index (χ0n) is 16.8. The summed E-state index contributed by atoms with van der Waals surface area (Å²) in [4.78, 5) is 11.4. The number of aromatic nitrogens is 2. The summed E-state index contributed by atoms with van der Waals surface area (Å²) in [6.07, 6.45) is 3.18. The molecule has 1 aliphatic rings. The topological polar surface area (TPSA) is 73.5 Å². The predicted molar refractivity (Wildman–Crippen MR) is 120 cm³/mol. The number of halogens is 1. The Balaban J connectivity index is 0.00000240. The number of nitrogens with zero attached hydrogens (tertiary/aromatic N) is 3. The molecule has 29 heavy (non-hydrogen) atoms. The summed E-state index contributed by atoms with van der Waals surface area (Å²) in [7, 11) is 3.21. The fourth-order valence-corrected chi connectivity index (χ4v) is 3.49. The number of hydrogen-bond donors (Lipinski definition) is 1. The van der Waals surface area contributed by atoms with E-state index in [0.29, 0.717) is 23.3 Å². The third-order valence-electron chi connectivity index (χ3n) is 5.13. The van der Waals surface area contributed by atoms with Crippen LogP contribution in [0.3, 0.4) is 0 Å². The Kier molecular flexibility index (Phi) is 6.13. The first kappa shape index (κ1) is 20.7. The fraction of sp³-hybridized carbons (Fsp3) is 0.273. The van der Waals surface area contributed by atoms with E-state index in [0.717, 1.165) is 30.4 Å². The van der Waals surface area contributed by atoms with Gasteiger partial charge in [-0.15, -0.1) is 12.4 Å². The Morgan fingerprint density at radius 3 is 2.31 bits per heavy atom. The van der Waals surface area contributed by atoms with Crippen molar-refractivity contribution in [2.75, 3.05) is 37.9 Å². The molecule has 0 spiro atoms. The fourth-order valence-electron chi connectivity index (χ4n) is 3.49. The first-order valence-electron chi connectivity index (χ1n) is 9.29. The highest BCUT2D eigenvalue weighted by molar-refractivity contribution is 5.91. The highest BCUT2D eigenvalue weighted by Gasteiger charge is 2.18. The lowest BCUT2D eigenvalue weighted by Gasteiger charge is -2.27. The van der Waals surface area contributed by atoms with Crippen LogP contribution >= 0.6 is 12.4 Å². The predicted octanol–water partition coefficient (Wildman–Crippen LogP) is 4.25. The number of rotatable bonds is 4. The molecule has 1 aromatic heterocycles. The standard InChI is InChI=1S/C22H24N4O2.ClH/c1-14-4-6-15(7-5-14)16-8-10-26(11-9-16)22-24-18-13-20(28-3)19(27-2)12-17(18)21(23)25-22;/h4-8,12-13H,9-11H2,1-3H3,(H2,23,24,25);1H. The van der Waals surface area contributed by atoms with Crippen LogP contribution in [0.15, 0.2) is 42.5 Å². The Bertz CT molecular complexity index is 1050. The summed E-state index contributed by atoms with van der Waals surface area (Å²) in [5.41, 5.74) is 10.9. The Hall–Kier alpha value is -2.99. The lowest BCUT2D eigenvalue weighted by molar-refractivity contribution is 0.356. The third-order valence-corrected chi connectivity index (χ3v) is 5.13. The first-order chi connectivity index (χ1) is 13.6. The van der Waals surface area contributed by atoms with E-state index in [4.69, 9.17) is 20.2 Å². The van der Waals surface area contributed by atoms with Crippen LogP contribution in [0, 0.1) is 6.92 Å². The zero-order chi connectivity index (χ0) is 19.7. The second-order valence-electron chi connectivity index (χ2n) is 6.92. The van der Waals surface area contributed by atoms with Gasteiger partial charge in [-0.2, -0.15) is 4.98 Å². The van der Waals surface area contributed by atoms with Crippen molar-refractivity contribution in [1.29, 1.82) is 0 Å². The van der Waals surface area contributed by atoms with Gasteiger partial charge in [0.2, 0.25) is 5.95 Å². The minimum Gasteiger partial charge on any atom is -0.493 e. The average molecular weight is 413 g/mol. The van der Waals surface area contributed by atoms with Gasteiger partial charge in [0.25, 0.3) is 0 Å². The van der Waals surface area contributed by atoms with Gasteiger partial charge in [0, 0.05) is 24.5 Å². The summed E-state index contributed by atoms with van der Waals surface area (Å²) >= 11 is 0. The van der Waals surface area contributed by atoms with Gasteiger partial charge in [0.15, 0.2) is 11.5 Å². The number of methoxy groups -OCH3 is 2. The molecule has 7 heteroatoms. The number of ether oxygens (including phenoxy) is 2. The van der Waals surface area contributed by atoms with E-state index in [-0.39, 0.29) is 12.4 Å². The smallest absolute Gasteiger partial charge is 0.228 e. The van der Waals surface area contributed by atoms with Crippen molar-refractivity contribution in [3.05, 3.63) is 53.6 Å². The van der Waals surface area contributed by atoms with Crippen LogP contribution in [0.2, 0.25) is 0 Å². The second kappa shape index (κ2) is 8.57. The first-order valence-corrected chi connectivity index (χ1v) is 9.29. The van der Waals surface area contributed by atoms with Crippen molar-refractivity contribution in [3.63, 3.8) is 0 Å². The largest absolute Gasteiger partial charge is 0.493 e. The molecule has 1 aliphatic heterocycles. The summed E-state index contributed by atoms with van der Waals surface area (Å²) in [6, 6.07) is 12.3. The molecule has 152 valence electrons. The number of anilines is 2. The Labute approximate surface area is 176 Å². The number of aryl methyl sites for hydroxylation is 1. The molecule has 0 amide bonds. The lowest BCUT2D eigenvalue weighted by atomic mass is 9.99. The third kappa shape index (κ3) is 4.07. The van der Waals surface area contributed by atoms with Gasteiger partial charge in [-0.1, -0.05) is 35.9 Å². The van der Waals surface area contributed by atoms with E-state index in [1.165, 1.54) is 16.7 Å². The molecule has 0 radical (unpaired) electrons. The average Bonchev–Trinajstić information content (AvgIpc) is 2.73. The van der Waals surface area contributed by atoms with Gasteiger partial charge in [-0.3, -0.25) is 0 Å². The number of hydrogen-bond acceptors (Lipinski definition) is 6. The van der Waals surface area contributed by atoms with Crippen LogP contribution in [0.5, 0.6) is 11.5 Å². The Morgan fingerprint density at radius 2 is 1.69 bits per heavy atom. The van der Waals surface area contributed by atoms with Crippen LogP contribution in [0.25, 0.3) is 16.5 Å². The molecule has 0 saturated heterocycles. The van der Waals surface area contributed by atoms with Crippen molar-refractivity contribution in [2.24, 2.45) is 0 Å². The highest BCUT2D eigenvalue weighted by Crippen LogP contribution is 2.34. The van der Waals surface area contributed by atoms with Gasteiger partial charge in [-0.05, 0) is 30.5 Å². The van der Waals surface area contributed by atoms with Gasteiger partial charge < -0.3 is 20.1 Å². The number of benzene rings is 2. The molecule has 0 fully saturated rings. The van der Waals surface area contributed by atoms with E-state index < -0.39 is 0 Å². The lowest BCUT2D eigenvalue weighted by Crippen LogP contribution is -2.30. The maximum Gasteiger partial charge on any atom is 0.228 e. The SMILES string of the molecule is COc1cc2nc(N3CC=C(c4ccc(C)cc4)CC3)nc(N)c2cc1OC.Cl. The van der Waals surface area contributed by atoms with Crippen LogP contribution in [0.4, 0.5) is 11.8 Å². The number of nitrogen functional groups attached to an aromatic ring is 1. The van der Waals surface area contributed by atoms with Gasteiger partial charge >= 0.3 is 0 Å². The number of nitrogens with two attached hydrogens (primary N) is 1. The molecule has 2 aromatic carbocycles. The molecule has 4 rings (SSSR count).